The molecule has 2 rings (SSSR count). The fourth-order valence-electron chi connectivity index (χ4n) is 1.31. The number of aliphatic carboxylic acids is 1. The predicted molar refractivity (Wildman–Crippen MR) is 55.5 cm³/mol. The summed E-state index contributed by atoms with van der Waals surface area (Å²) in [6, 6.07) is 3.12. The molecule has 0 bridgehead atoms. The van der Waals surface area contributed by atoms with E-state index in [1.807, 2.05) is 18.3 Å². The minimum Gasteiger partial charge on any atom is -0.480 e. The maximum atomic E-state index is 10.5. The van der Waals surface area contributed by atoms with E-state index in [2.05, 4.69) is 4.98 Å². The van der Waals surface area contributed by atoms with E-state index in [0.717, 1.165) is 15.1 Å². The van der Waals surface area contributed by atoms with Crippen molar-refractivity contribution < 1.29 is 9.90 Å². The second-order valence-electron chi connectivity index (χ2n) is 3.12. The van der Waals surface area contributed by atoms with Crippen molar-refractivity contribution in [2.75, 3.05) is 0 Å². The second-order valence-corrected chi connectivity index (χ2v) is 4.26. The summed E-state index contributed by atoms with van der Waals surface area (Å²) in [5.74, 6) is -0.956. The van der Waals surface area contributed by atoms with Crippen LogP contribution in [0.4, 0.5) is 0 Å². The van der Waals surface area contributed by atoms with Gasteiger partial charge in [0.25, 0.3) is 0 Å². The lowest BCUT2D eigenvalue weighted by Gasteiger charge is -2.02. The number of carbonyl (C=O) groups is 1. The Morgan fingerprint density at radius 1 is 1.71 bits per heavy atom. The molecular weight excluding hydrogens is 200 g/mol. The van der Waals surface area contributed by atoms with Gasteiger partial charge in [-0.05, 0) is 12.1 Å². The van der Waals surface area contributed by atoms with Crippen LogP contribution in [0.5, 0.6) is 0 Å². The lowest BCUT2D eigenvalue weighted by atomic mass is 10.2. The van der Waals surface area contributed by atoms with E-state index in [0.29, 0.717) is 6.42 Å². The van der Waals surface area contributed by atoms with E-state index < -0.39 is 12.0 Å². The fraction of sp³-hybridized carbons (Fsp3) is 0.222. The van der Waals surface area contributed by atoms with Gasteiger partial charge in [0.05, 0.1) is 4.83 Å². The van der Waals surface area contributed by atoms with Gasteiger partial charge >= 0.3 is 5.97 Å². The molecule has 4 nitrogen and oxygen atoms in total. The first-order valence-electron chi connectivity index (χ1n) is 4.21. The zero-order valence-electron chi connectivity index (χ0n) is 7.36. The van der Waals surface area contributed by atoms with Crippen LogP contribution >= 0.6 is 11.3 Å². The maximum absolute atomic E-state index is 10.5. The van der Waals surface area contributed by atoms with Crippen molar-refractivity contribution in [3.63, 3.8) is 0 Å². The molecular formula is C9H10N2O2S. The van der Waals surface area contributed by atoms with Crippen LogP contribution < -0.4 is 5.73 Å². The molecule has 2 aromatic rings. The monoisotopic (exact) mass is 210 g/mol. The SMILES string of the molecule is N[C@@H](Cc1cc2cc[nH]c2s1)C(=O)O. The molecule has 1 atom stereocenters. The number of carboxylic acids is 1. The molecule has 0 aromatic carbocycles. The molecule has 14 heavy (non-hydrogen) atoms. The summed E-state index contributed by atoms with van der Waals surface area (Å²) in [5, 5.41) is 9.75. The molecule has 0 radical (unpaired) electrons. The maximum Gasteiger partial charge on any atom is 0.320 e. The molecule has 0 saturated carbocycles. The summed E-state index contributed by atoms with van der Waals surface area (Å²) in [6.07, 6.45) is 2.25. The van der Waals surface area contributed by atoms with Crippen molar-refractivity contribution in [3.8, 4) is 0 Å². The number of nitrogens with one attached hydrogen (secondary N) is 1. The highest BCUT2D eigenvalue weighted by molar-refractivity contribution is 7.18. The minimum absolute atomic E-state index is 0.391. The first-order chi connectivity index (χ1) is 6.66. The highest BCUT2D eigenvalue weighted by Crippen LogP contribution is 2.24. The first kappa shape index (κ1) is 9.23. The molecule has 0 unspecified atom stereocenters. The molecule has 0 fully saturated rings. The van der Waals surface area contributed by atoms with Crippen molar-refractivity contribution in [1.82, 2.24) is 4.98 Å². The number of fused-ring (bicyclic) bond motifs is 1. The smallest absolute Gasteiger partial charge is 0.320 e. The summed E-state index contributed by atoms with van der Waals surface area (Å²) < 4.78 is 0. The van der Waals surface area contributed by atoms with Gasteiger partial charge in [-0.2, -0.15) is 0 Å². The molecule has 0 spiro atoms. The Morgan fingerprint density at radius 3 is 3.14 bits per heavy atom. The van der Waals surface area contributed by atoms with Crippen molar-refractivity contribution >= 4 is 27.5 Å². The number of H-pyrrole nitrogens is 1. The Balaban J connectivity index is 2.19. The lowest BCUT2D eigenvalue weighted by molar-refractivity contribution is -0.138. The number of hydrogen-bond donors (Lipinski definition) is 3. The molecule has 5 heteroatoms. The Bertz CT molecular complexity index is 432. The highest BCUT2D eigenvalue weighted by atomic mass is 32.1. The third kappa shape index (κ3) is 1.64. The van der Waals surface area contributed by atoms with Gasteiger partial charge in [-0.1, -0.05) is 0 Å². The Kier molecular flexibility index (Phi) is 2.26. The predicted octanol–water partition coefficient (Wildman–Crippen LogP) is 1.18. The second kappa shape index (κ2) is 3.43. The van der Waals surface area contributed by atoms with Crippen LogP contribution in [0.1, 0.15) is 4.88 Å². The molecule has 74 valence electrons. The fourth-order valence-corrected chi connectivity index (χ4v) is 2.39. The van der Waals surface area contributed by atoms with E-state index in [4.69, 9.17) is 10.8 Å². The van der Waals surface area contributed by atoms with Crippen LogP contribution in [-0.2, 0) is 11.2 Å². The number of rotatable bonds is 3. The van der Waals surface area contributed by atoms with Gasteiger partial charge in [0.2, 0.25) is 0 Å². The Morgan fingerprint density at radius 2 is 2.50 bits per heavy atom. The van der Waals surface area contributed by atoms with Crippen molar-refractivity contribution in [2.24, 2.45) is 5.73 Å². The zero-order chi connectivity index (χ0) is 10.1. The molecule has 2 aromatic heterocycles. The number of nitrogens with two attached hydrogens (primary N) is 1. The van der Waals surface area contributed by atoms with Crippen LogP contribution in [0.2, 0.25) is 0 Å². The summed E-state index contributed by atoms with van der Waals surface area (Å²) in [7, 11) is 0. The average molecular weight is 210 g/mol. The van der Waals surface area contributed by atoms with Crippen LogP contribution in [0, 0.1) is 0 Å². The molecule has 2 heterocycles. The highest BCUT2D eigenvalue weighted by Gasteiger charge is 2.13. The third-order valence-corrected chi connectivity index (χ3v) is 3.13. The Labute approximate surface area is 84.4 Å². The van der Waals surface area contributed by atoms with E-state index >= 15 is 0 Å². The average Bonchev–Trinajstić information content (AvgIpc) is 2.63. The molecule has 0 aliphatic carbocycles. The number of aromatic nitrogens is 1. The number of aromatic amines is 1. The molecule has 0 aliphatic rings. The van der Waals surface area contributed by atoms with Gasteiger partial charge < -0.3 is 15.8 Å². The van der Waals surface area contributed by atoms with Crippen LogP contribution in [0.25, 0.3) is 10.2 Å². The van der Waals surface area contributed by atoms with Gasteiger partial charge in [-0.15, -0.1) is 11.3 Å². The first-order valence-corrected chi connectivity index (χ1v) is 5.02. The van der Waals surface area contributed by atoms with Crippen LogP contribution in [-0.4, -0.2) is 22.1 Å². The molecule has 4 N–H and O–H groups in total. The van der Waals surface area contributed by atoms with Crippen LogP contribution in [0.3, 0.4) is 0 Å². The molecule has 0 aliphatic heterocycles. The molecule has 0 saturated heterocycles. The number of carboxylic acid groups (broad SMARTS) is 1. The standard InChI is InChI=1S/C9H10N2O2S/c10-7(9(12)13)4-6-3-5-1-2-11-8(5)14-6/h1-3,7,11H,4,10H2,(H,12,13)/t7-/m0/s1. The van der Waals surface area contributed by atoms with Gasteiger partial charge in [0.15, 0.2) is 0 Å². The van der Waals surface area contributed by atoms with Gasteiger partial charge in [0.1, 0.15) is 6.04 Å². The van der Waals surface area contributed by atoms with Gasteiger partial charge in [-0.25, -0.2) is 0 Å². The van der Waals surface area contributed by atoms with Gasteiger partial charge in [0, 0.05) is 22.9 Å². The van der Waals surface area contributed by atoms with E-state index in [1.165, 1.54) is 0 Å². The van der Waals surface area contributed by atoms with Crippen molar-refractivity contribution in [3.05, 3.63) is 23.2 Å². The van der Waals surface area contributed by atoms with E-state index in [9.17, 15) is 4.79 Å². The summed E-state index contributed by atoms with van der Waals surface area (Å²) in [4.78, 5) is 15.7. The number of hydrogen-bond acceptors (Lipinski definition) is 3. The quantitative estimate of drug-likeness (QED) is 0.711. The lowest BCUT2D eigenvalue weighted by Crippen LogP contribution is -2.31. The van der Waals surface area contributed by atoms with Gasteiger partial charge in [-0.3, -0.25) is 4.79 Å². The number of thiophene rings is 1. The summed E-state index contributed by atoms with van der Waals surface area (Å²) >= 11 is 1.55. The van der Waals surface area contributed by atoms with E-state index in [-0.39, 0.29) is 0 Å². The minimum atomic E-state index is -0.956. The topological polar surface area (TPSA) is 79.1 Å². The summed E-state index contributed by atoms with van der Waals surface area (Å²) in [6.45, 7) is 0. The van der Waals surface area contributed by atoms with E-state index in [1.54, 1.807) is 11.3 Å². The van der Waals surface area contributed by atoms with Crippen LogP contribution in [0.15, 0.2) is 18.3 Å². The zero-order valence-corrected chi connectivity index (χ0v) is 8.17. The third-order valence-electron chi connectivity index (χ3n) is 2.03. The molecule has 0 amide bonds. The van der Waals surface area contributed by atoms with Crippen molar-refractivity contribution in [1.29, 1.82) is 0 Å². The summed E-state index contributed by atoms with van der Waals surface area (Å²) in [5.41, 5.74) is 5.44. The van der Waals surface area contributed by atoms with Crippen molar-refractivity contribution in [2.45, 2.75) is 12.5 Å². The normalized spacial score (nSPS) is 13.2. The largest absolute Gasteiger partial charge is 0.480 e. The Hall–Kier alpha value is -1.33.